The lowest BCUT2D eigenvalue weighted by atomic mass is 10.1. The minimum atomic E-state index is 0.989. The van der Waals surface area contributed by atoms with Crippen LogP contribution in [0.3, 0.4) is 0 Å². The van der Waals surface area contributed by atoms with Crippen molar-refractivity contribution < 1.29 is 0 Å². The van der Waals surface area contributed by atoms with Gasteiger partial charge in [0.2, 0.25) is 0 Å². The second-order valence-corrected chi connectivity index (χ2v) is 6.26. The first kappa shape index (κ1) is 15.0. The summed E-state index contributed by atoms with van der Waals surface area (Å²) in [6, 6.07) is 8.29. The number of hydrogen-bond acceptors (Lipinski definition) is 3. The quantitative estimate of drug-likeness (QED) is 0.690. The molecule has 22 heavy (non-hydrogen) atoms. The predicted octanol–water partition coefficient (Wildman–Crippen LogP) is 4.03. The number of anilines is 1. The van der Waals surface area contributed by atoms with E-state index in [4.69, 9.17) is 0 Å². The van der Waals surface area contributed by atoms with Gasteiger partial charge in [-0.3, -0.25) is 4.98 Å². The first-order valence-corrected chi connectivity index (χ1v) is 8.18. The summed E-state index contributed by atoms with van der Waals surface area (Å²) < 4.78 is 3.23. The van der Waals surface area contributed by atoms with Crippen molar-refractivity contribution in [3.05, 3.63) is 53.2 Å². The van der Waals surface area contributed by atoms with E-state index in [0.29, 0.717) is 0 Å². The van der Waals surface area contributed by atoms with E-state index in [0.717, 1.165) is 35.3 Å². The zero-order valence-corrected chi connectivity index (χ0v) is 14.4. The zero-order chi connectivity index (χ0) is 15.5. The number of imidazole rings is 1. The molecule has 4 nitrogen and oxygen atoms in total. The summed E-state index contributed by atoms with van der Waals surface area (Å²) >= 11 is 3.58. The van der Waals surface area contributed by atoms with Gasteiger partial charge in [0.15, 0.2) is 0 Å². The Labute approximate surface area is 138 Å². The van der Waals surface area contributed by atoms with Gasteiger partial charge in [-0.2, -0.15) is 0 Å². The molecule has 0 fully saturated rings. The minimum absolute atomic E-state index is 0.989. The van der Waals surface area contributed by atoms with Crippen molar-refractivity contribution in [2.24, 2.45) is 0 Å². The molecule has 3 aromatic rings. The number of fused-ring (bicyclic) bond motifs is 1. The SMILES string of the molecule is Cc1nccn1CCCN(C)c1ccnc2c(Br)cccc12. The highest BCUT2D eigenvalue weighted by Crippen LogP contribution is 2.29. The molecular formula is C17H19BrN4. The molecule has 0 saturated carbocycles. The Morgan fingerprint density at radius 3 is 2.82 bits per heavy atom. The summed E-state index contributed by atoms with van der Waals surface area (Å²) in [6.45, 7) is 4.02. The molecule has 2 heterocycles. The first-order valence-electron chi connectivity index (χ1n) is 7.39. The van der Waals surface area contributed by atoms with Crippen molar-refractivity contribution >= 4 is 32.5 Å². The maximum Gasteiger partial charge on any atom is 0.105 e. The normalized spacial score (nSPS) is 11.0. The molecule has 3 rings (SSSR count). The fourth-order valence-electron chi connectivity index (χ4n) is 2.70. The third kappa shape index (κ3) is 2.99. The van der Waals surface area contributed by atoms with E-state index in [1.807, 2.05) is 31.6 Å². The highest BCUT2D eigenvalue weighted by molar-refractivity contribution is 9.10. The average molecular weight is 359 g/mol. The number of hydrogen-bond donors (Lipinski definition) is 0. The van der Waals surface area contributed by atoms with Crippen molar-refractivity contribution in [3.8, 4) is 0 Å². The van der Waals surface area contributed by atoms with E-state index >= 15 is 0 Å². The molecule has 0 aliphatic rings. The van der Waals surface area contributed by atoms with Crippen molar-refractivity contribution in [1.29, 1.82) is 0 Å². The van der Waals surface area contributed by atoms with Gasteiger partial charge < -0.3 is 9.47 Å². The predicted molar refractivity (Wildman–Crippen MR) is 94.3 cm³/mol. The van der Waals surface area contributed by atoms with Gasteiger partial charge in [0, 0.05) is 54.3 Å². The fraction of sp³-hybridized carbons (Fsp3) is 0.294. The Balaban J connectivity index is 1.74. The number of pyridine rings is 1. The maximum absolute atomic E-state index is 4.47. The number of rotatable bonds is 5. The monoisotopic (exact) mass is 358 g/mol. The largest absolute Gasteiger partial charge is 0.374 e. The van der Waals surface area contributed by atoms with Crippen LogP contribution in [0, 0.1) is 6.92 Å². The molecule has 5 heteroatoms. The van der Waals surface area contributed by atoms with Crippen LogP contribution in [0.15, 0.2) is 47.3 Å². The summed E-state index contributed by atoms with van der Waals surface area (Å²) in [6.07, 6.45) is 6.84. The van der Waals surface area contributed by atoms with Crippen LogP contribution in [0.2, 0.25) is 0 Å². The van der Waals surface area contributed by atoms with Gasteiger partial charge in [0.1, 0.15) is 5.82 Å². The second-order valence-electron chi connectivity index (χ2n) is 5.41. The topological polar surface area (TPSA) is 34.0 Å². The van der Waals surface area contributed by atoms with E-state index in [2.05, 4.69) is 60.6 Å². The Bertz CT molecular complexity index is 781. The molecule has 0 aliphatic carbocycles. The highest BCUT2D eigenvalue weighted by atomic mass is 79.9. The fourth-order valence-corrected chi connectivity index (χ4v) is 3.17. The number of aryl methyl sites for hydroxylation is 2. The van der Waals surface area contributed by atoms with Crippen molar-refractivity contribution in [1.82, 2.24) is 14.5 Å². The molecule has 0 saturated heterocycles. The van der Waals surface area contributed by atoms with E-state index < -0.39 is 0 Å². The van der Waals surface area contributed by atoms with Crippen molar-refractivity contribution in [2.75, 3.05) is 18.5 Å². The molecule has 0 spiro atoms. The van der Waals surface area contributed by atoms with Gasteiger partial charge in [0.25, 0.3) is 0 Å². The lowest BCUT2D eigenvalue weighted by molar-refractivity contribution is 0.623. The molecule has 0 unspecified atom stereocenters. The molecular weight excluding hydrogens is 340 g/mol. The van der Waals surface area contributed by atoms with Crippen LogP contribution in [0.1, 0.15) is 12.2 Å². The van der Waals surface area contributed by atoms with Gasteiger partial charge in [-0.05, 0) is 41.4 Å². The van der Waals surface area contributed by atoms with Crippen molar-refractivity contribution in [3.63, 3.8) is 0 Å². The number of benzene rings is 1. The number of nitrogens with zero attached hydrogens (tertiary/aromatic N) is 4. The van der Waals surface area contributed by atoms with Gasteiger partial charge >= 0.3 is 0 Å². The van der Waals surface area contributed by atoms with Gasteiger partial charge in [-0.25, -0.2) is 4.98 Å². The highest BCUT2D eigenvalue weighted by Gasteiger charge is 2.08. The molecule has 1 aromatic carbocycles. The van der Waals surface area contributed by atoms with Crippen LogP contribution in [0.25, 0.3) is 10.9 Å². The average Bonchev–Trinajstić information content (AvgIpc) is 2.92. The lowest BCUT2D eigenvalue weighted by Gasteiger charge is -2.21. The Morgan fingerprint density at radius 2 is 2.05 bits per heavy atom. The van der Waals surface area contributed by atoms with Crippen LogP contribution < -0.4 is 4.90 Å². The van der Waals surface area contributed by atoms with Gasteiger partial charge in [-0.15, -0.1) is 0 Å². The summed E-state index contributed by atoms with van der Waals surface area (Å²) in [5.41, 5.74) is 2.23. The van der Waals surface area contributed by atoms with Crippen LogP contribution in [-0.4, -0.2) is 28.1 Å². The summed E-state index contributed by atoms with van der Waals surface area (Å²) in [5.74, 6) is 1.07. The van der Waals surface area contributed by atoms with E-state index in [9.17, 15) is 0 Å². The molecule has 0 amide bonds. The van der Waals surface area contributed by atoms with Crippen molar-refractivity contribution in [2.45, 2.75) is 19.9 Å². The lowest BCUT2D eigenvalue weighted by Crippen LogP contribution is -2.20. The molecule has 0 radical (unpaired) electrons. The maximum atomic E-state index is 4.47. The Hall–Kier alpha value is -1.88. The molecule has 2 aromatic heterocycles. The van der Waals surface area contributed by atoms with Crippen LogP contribution in [0.4, 0.5) is 5.69 Å². The molecule has 114 valence electrons. The smallest absolute Gasteiger partial charge is 0.105 e. The van der Waals surface area contributed by atoms with Crippen LogP contribution in [0.5, 0.6) is 0 Å². The molecule has 0 atom stereocenters. The number of halogens is 1. The summed E-state index contributed by atoms with van der Waals surface area (Å²) in [7, 11) is 2.14. The molecule has 0 aliphatic heterocycles. The third-order valence-electron chi connectivity index (χ3n) is 3.93. The van der Waals surface area contributed by atoms with Gasteiger partial charge in [-0.1, -0.05) is 12.1 Å². The first-order chi connectivity index (χ1) is 10.7. The number of aromatic nitrogens is 3. The Morgan fingerprint density at radius 1 is 1.18 bits per heavy atom. The van der Waals surface area contributed by atoms with Crippen LogP contribution in [-0.2, 0) is 6.54 Å². The summed E-state index contributed by atoms with van der Waals surface area (Å²) in [5, 5.41) is 1.18. The van der Waals surface area contributed by atoms with E-state index in [-0.39, 0.29) is 0 Å². The molecule has 0 N–H and O–H groups in total. The Kier molecular flexibility index (Phi) is 4.43. The minimum Gasteiger partial charge on any atom is -0.374 e. The van der Waals surface area contributed by atoms with Gasteiger partial charge in [0.05, 0.1) is 5.52 Å². The molecule has 0 bridgehead atoms. The van der Waals surface area contributed by atoms with E-state index in [1.165, 1.54) is 11.1 Å². The number of para-hydroxylation sites is 1. The third-order valence-corrected chi connectivity index (χ3v) is 4.57. The van der Waals surface area contributed by atoms with Crippen LogP contribution >= 0.6 is 15.9 Å². The zero-order valence-electron chi connectivity index (χ0n) is 12.8. The summed E-state index contributed by atoms with van der Waals surface area (Å²) in [4.78, 5) is 11.0. The standard InChI is InChI=1S/C17H19BrN4/c1-13-19-9-12-22(13)11-4-10-21(2)16-7-8-20-17-14(16)5-3-6-15(17)18/h3,5-9,12H,4,10-11H2,1-2H3. The van der Waals surface area contributed by atoms with E-state index in [1.54, 1.807) is 0 Å². The second kappa shape index (κ2) is 6.48.